The van der Waals surface area contributed by atoms with E-state index in [2.05, 4.69) is 272 Å². The fourth-order valence-electron chi connectivity index (χ4n) is 13.2. The van der Waals surface area contributed by atoms with Gasteiger partial charge in [0.25, 0.3) is 6.71 Å². The molecule has 0 N–H and O–H groups in total. The third-order valence-corrected chi connectivity index (χ3v) is 18.2. The van der Waals surface area contributed by atoms with Crippen molar-refractivity contribution < 1.29 is 18.9 Å². The number of ether oxygens (including phenoxy) is 4. The Morgan fingerprint density at radius 1 is 0.326 bits per heavy atom. The molecule has 2 heterocycles. The molecule has 12 aromatic carbocycles. The van der Waals surface area contributed by atoms with E-state index < -0.39 is 0 Å². The molecule has 12 aromatic rings. The van der Waals surface area contributed by atoms with Gasteiger partial charge in [0, 0.05) is 50.4 Å². The van der Waals surface area contributed by atoms with Crippen molar-refractivity contribution in [2.45, 2.75) is 38.5 Å². The van der Waals surface area contributed by atoms with E-state index in [1.165, 1.54) is 55.4 Å². The molecule has 2 aliphatic heterocycles. The number of nitrogens with zero attached hydrogens (tertiary/aromatic N) is 2. The van der Waals surface area contributed by atoms with E-state index in [1.54, 1.807) is 0 Å². The van der Waals surface area contributed by atoms with Crippen LogP contribution in [0.3, 0.4) is 0 Å². The van der Waals surface area contributed by atoms with Gasteiger partial charge in [-0.15, -0.1) is 0 Å². The molecule has 0 fully saturated rings. The molecule has 0 aromatic heterocycles. The predicted octanol–water partition coefficient (Wildman–Crippen LogP) is 20.0. The normalized spacial score (nSPS) is 13.5. The lowest BCUT2D eigenvalue weighted by Gasteiger charge is -2.33. The fraction of sp³-hybridized carbons (Fsp3) is 0.0769. The number of anilines is 6. The van der Waals surface area contributed by atoms with Crippen LogP contribution in [-0.4, -0.2) is 6.71 Å². The second-order valence-corrected chi connectivity index (χ2v) is 24.1. The summed E-state index contributed by atoms with van der Waals surface area (Å²) in [5.74, 6) is 6.54. The van der Waals surface area contributed by atoms with Crippen LogP contribution in [0.4, 0.5) is 34.1 Å². The zero-order valence-electron chi connectivity index (χ0n) is 48.0. The maximum absolute atomic E-state index is 6.64. The monoisotopic (exact) mass is 1180 g/mol. The molecule has 16 rings (SSSR count). The van der Waals surface area contributed by atoms with E-state index in [1.807, 2.05) is 60.7 Å². The lowest BCUT2D eigenvalue weighted by atomic mass is 9.34. The Morgan fingerprint density at radius 3 is 1.30 bits per heavy atom. The molecule has 0 bridgehead atoms. The van der Waals surface area contributed by atoms with Crippen molar-refractivity contribution in [1.82, 2.24) is 0 Å². The van der Waals surface area contributed by atoms with Crippen LogP contribution in [0.25, 0.3) is 22.3 Å². The summed E-state index contributed by atoms with van der Waals surface area (Å²) < 4.78 is 26.3. The van der Waals surface area contributed by atoms with Gasteiger partial charge in [-0.2, -0.15) is 0 Å². The topological polar surface area (TPSA) is 43.4 Å². The molecule has 8 heteroatoms. The highest BCUT2D eigenvalue weighted by Gasteiger charge is 2.44. The molecule has 414 valence electrons. The van der Waals surface area contributed by atoms with Gasteiger partial charge in [-0.25, -0.2) is 0 Å². The van der Waals surface area contributed by atoms with Crippen LogP contribution in [0.15, 0.2) is 284 Å². The average molecular weight is 1180 g/mol. The highest BCUT2D eigenvalue weighted by atomic mass is 79.9. The molecular weight excluding hydrogens is 1120 g/mol. The molecule has 6 nitrogen and oxygen atoms in total. The molecule has 0 spiro atoms. The minimum atomic E-state index is -0.195. The minimum Gasteiger partial charge on any atom is -0.458 e. The summed E-state index contributed by atoms with van der Waals surface area (Å²) in [6, 6.07) is 97.2. The summed E-state index contributed by atoms with van der Waals surface area (Å²) in [4.78, 5) is 4.65. The average Bonchev–Trinajstić information content (AvgIpc) is 1.46. The van der Waals surface area contributed by atoms with Crippen LogP contribution in [0.2, 0.25) is 0 Å². The van der Waals surface area contributed by atoms with Gasteiger partial charge in [0.05, 0.1) is 0 Å². The van der Waals surface area contributed by atoms with Gasteiger partial charge in [-0.05, 0) is 205 Å². The number of hydrogen-bond acceptors (Lipinski definition) is 6. The first-order valence-electron chi connectivity index (χ1n) is 29.3. The van der Waals surface area contributed by atoms with Crippen LogP contribution in [0.5, 0.6) is 46.0 Å². The van der Waals surface area contributed by atoms with Crippen molar-refractivity contribution >= 4 is 73.2 Å². The zero-order valence-corrected chi connectivity index (χ0v) is 49.6. The highest BCUT2D eigenvalue weighted by Crippen LogP contribution is 2.54. The van der Waals surface area contributed by atoms with Crippen molar-refractivity contribution in [3.63, 3.8) is 0 Å². The summed E-state index contributed by atoms with van der Waals surface area (Å²) in [5, 5.41) is 0. The Balaban J connectivity index is 0.000000145. The first kappa shape index (κ1) is 52.8. The van der Waals surface area contributed by atoms with Crippen molar-refractivity contribution in [3.05, 3.63) is 306 Å². The molecule has 2 aliphatic carbocycles. The fourth-order valence-corrected chi connectivity index (χ4v) is 13.7. The SMILES string of the molecule is CC1(C)c2cc(N(c3ccccc3)c3ccccc3)ccc2-c2cc3c(cc21)B1c2ccccc2Oc2cccc(c21)O3.CC1(C)c2ccc(Oc3cccc(Oc4ccccc4)c3Br)cc2-c2ccc(N(c3ccccc3)c3ccccc3)cc21. The standard InChI is InChI=1S/C39H28BNO2.C39H30BrNO2/c1-39(2)30-22-27(41(25-12-5-3-6-13-25)26-14-7-4-8-15-26)20-21-28(30)29-23-37-33(24-31(29)39)40-32-16-9-10-17-34(32)42-35-18-11-19-36(43-37)38(35)40;1-39(2)34-24-22-31(43-37-20-12-19-36(38(37)40)42-30-17-10-5-11-18-30)26-33(34)32-23-21-29(25-35(32)39)41(27-13-6-3-7-14-27)28-15-8-4-9-16-28/h3-24H,1-2H3;3-26H,1-2H3. The van der Waals surface area contributed by atoms with Gasteiger partial charge in [0.1, 0.15) is 50.5 Å². The number of hydrogen-bond donors (Lipinski definition) is 0. The lowest BCUT2D eigenvalue weighted by Crippen LogP contribution is -2.57. The molecule has 0 radical (unpaired) electrons. The number of rotatable bonds is 10. The number of halogens is 1. The number of benzene rings is 12. The van der Waals surface area contributed by atoms with Crippen LogP contribution < -0.4 is 45.1 Å². The van der Waals surface area contributed by atoms with Gasteiger partial charge in [0.15, 0.2) is 0 Å². The molecular formula is C78H58BBrN2O4. The van der Waals surface area contributed by atoms with E-state index >= 15 is 0 Å². The minimum absolute atomic E-state index is 0.0620. The van der Waals surface area contributed by atoms with E-state index in [4.69, 9.17) is 18.9 Å². The van der Waals surface area contributed by atoms with E-state index in [0.29, 0.717) is 11.5 Å². The molecule has 86 heavy (non-hydrogen) atoms. The predicted molar refractivity (Wildman–Crippen MR) is 356 cm³/mol. The summed E-state index contributed by atoms with van der Waals surface area (Å²) in [5.41, 5.74) is 20.1. The summed E-state index contributed by atoms with van der Waals surface area (Å²) >= 11 is 3.71. The number of fused-ring (bicyclic) bond motifs is 10. The van der Waals surface area contributed by atoms with Crippen LogP contribution in [0, 0.1) is 0 Å². The molecule has 0 saturated heterocycles. The Labute approximate surface area is 511 Å². The molecule has 0 saturated carbocycles. The van der Waals surface area contributed by atoms with E-state index in [9.17, 15) is 0 Å². The van der Waals surface area contributed by atoms with Crippen molar-refractivity contribution in [3.8, 4) is 68.2 Å². The van der Waals surface area contributed by atoms with Crippen LogP contribution in [0.1, 0.15) is 49.9 Å². The third kappa shape index (κ3) is 9.11. The first-order valence-corrected chi connectivity index (χ1v) is 30.1. The molecule has 0 atom stereocenters. The van der Waals surface area contributed by atoms with Crippen molar-refractivity contribution in [1.29, 1.82) is 0 Å². The largest absolute Gasteiger partial charge is 0.458 e. The second-order valence-electron chi connectivity index (χ2n) is 23.3. The van der Waals surface area contributed by atoms with E-state index in [0.717, 1.165) is 78.6 Å². The van der Waals surface area contributed by atoms with Gasteiger partial charge in [0.2, 0.25) is 0 Å². The maximum atomic E-state index is 6.64. The Morgan fingerprint density at radius 2 is 0.756 bits per heavy atom. The van der Waals surface area contributed by atoms with Gasteiger partial charge >= 0.3 is 0 Å². The number of para-hydroxylation sites is 6. The Kier molecular flexibility index (Phi) is 13.0. The Bertz CT molecular complexity index is 4480. The summed E-state index contributed by atoms with van der Waals surface area (Å²) in [7, 11) is 0. The van der Waals surface area contributed by atoms with Crippen LogP contribution in [-0.2, 0) is 10.8 Å². The van der Waals surface area contributed by atoms with Gasteiger partial charge in [-0.1, -0.05) is 173 Å². The zero-order chi connectivity index (χ0) is 58.1. The van der Waals surface area contributed by atoms with E-state index in [-0.39, 0.29) is 17.5 Å². The first-order chi connectivity index (χ1) is 42.1. The van der Waals surface area contributed by atoms with Crippen molar-refractivity contribution in [2.24, 2.45) is 0 Å². The molecule has 0 unspecified atom stereocenters. The second kappa shape index (κ2) is 21.2. The van der Waals surface area contributed by atoms with Gasteiger partial charge in [-0.3, -0.25) is 0 Å². The molecule has 0 amide bonds. The highest BCUT2D eigenvalue weighted by molar-refractivity contribution is 9.10. The quantitative estimate of drug-likeness (QED) is 0.127. The van der Waals surface area contributed by atoms with Crippen LogP contribution >= 0.6 is 15.9 Å². The smallest absolute Gasteiger partial charge is 0.260 e. The maximum Gasteiger partial charge on any atom is 0.260 e. The summed E-state index contributed by atoms with van der Waals surface area (Å²) in [6.07, 6.45) is 0. The van der Waals surface area contributed by atoms with Gasteiger partial charge < -0.3 is 28.7 Å². The Hall–Kier alpha value is -10.0. The third-order valence-electron chi connectivity index (χ3n) is 17.4. The summed E-state index contributed by atoms with van der Waals surface area (Å²) in [6.45, 7) is 9.37. The lowest BCUT2D eigenvalue weighted by molar-refractivity contribution is 0.455. The molecule has 4 aliphatic rings. The van der Waals surface area contributed by atoms with Crippen molar-refractivity contribution in [2.75, 3.05) is 9.80 Å².